The van der Waals surface area contributed by atoms with Crippen molar-refractivity contribution in [2.24, 2.45) is 0 Å². The number of hydrogen-bond acceptors (Lipinski definition) is 4. The normalized spacial score (nSPS) is 10.2. The van der Waals surface area contributed by atoms with Gasteiger partial charge in [0, 0.05) is 12.0 Å². The number of ether oxygens (including phenoxy) is 3. The summed E-state index contributed by atoms with van der Waals surface area (Å²) in [6.45, 7) is 1.11. The summed E-state index contributed by atoms with van der Waals surface area (Å²) in [4.78, 5) is 12.4. The third-order valence-electron chi connectivity index (χ3n) is 4.59. The first kappa shape index (κ1) is 22.5. The van der Waals surface area contributed by atoms with E-state index in [4.69, 9.17) is 14.2 Å². The second-order valence-corrected chi connectivity index (χ2v) is 6.41. The van der Waals surface area contributed by atoms with Gasteiger partial charge >= 0.3 is 0 Å². The molecule has 0 N–H and O–H groups in total. The van der Waals surface area contributed by atoms with Crippen LogP contribution in [0.3, 0.4) is 0 Å². The van der Waals surface area contributed by atoms with Crippen LogP contribution in [-0.2, 0) is 19.5 Å². The number of carbonyl (C=O) groups is 1. The highest BCUT2D eigenvalue weighted by molar-refractivity contribution is 5.95. The Bertz CT molecular complexity index is 938. The fourth-order valence-corrected chi connectivity index (χ4v) is 2.99. The molecule has 0 aliphatic heterocycles. The summed E-state index contributed by atoms with van der Waals surface area (Å²) in [5.74, 6) is 2.26. The second-order valence-electron chi connectivity index (χ2n) is 6.41. The van der Waals surface area contributed by atoms with E-state index in [-0.39, 0.29) is 22.8 Å². The fraction of sp³-hybridized carbons (Fsp3) is 0.273. The minimum absolute atomic E-state index is 0. The highest BCUT2D eigenvalue weighted by Gasteiger charge is 2.12. The highest BCUT2D eigenvalue weighted by Crippen LogP contribution is 2.27. The van der Waals surface area contributed by atoms with Crippen molar-refractivity contribution in [1.29, 1.82) is 0 Å². The molecule has 0 atom stereocenters. The first-order chi connectivity index (χ1) is 13.6. The van der Waals surface area contributed by atoms with E-state index in [1.54, 1.807) is 45.6 Å². The molecule has 0 aliphatic rings. The third-order valence-corrected chi connectivity index (χ3v) is 4.59. The number of ketones is 1. The van der Waals surface area contributed by atoms with Gasteiger partial charge in [0.1, 0.15) is 18.1 Å². The van der Waals surface area contributed by atoms with Gasteiger partial charge in [0.15, 0.2) is 18.0 Å². The van der Waals surface area contributed by atoms with Crippen molar-refractivity contribution < 1.29 is 40.6 Å². The summed E-state index contributed by atoms with van der Waals surface area (Å²) in [7, 11) is 4.87. The SMILES string of the molecule is COc1ccc(C(=O)C[n+]2ccn(CCc3ccc(OC)c(OC)c3)c2)cc1.[Br-]. The monoisotopic (exact) mass is 460 g/mol. The summed E-state index contributed by atoms with van der Waals surface area (Å²) in [6, 6.07) is 13.1. The first-order valence-electron chi connectivity index (χ1n) is 9.06. The Morgan fingerprint density at radius 2 is 1.69 bits per heavy atom. The van der Waals surface area contributed by atoms with Crippen LogP contribution in [0.1, 0.15) is 15.9 Å². The number of aromatic nitrogens is 2. The lowest BCUT2D eigenvalue weighted by Crippen LogP contribution is -3.00. The molecule has 0 fully saturated rings. The van der Waals surface area contributed by atoms with E-state index in [2.05, 4.69) is 4.57 Å². The zero-order valence-electron chi connectivity index (χ0n) is 16.8. The number of Topliss-reactive ketones (excluding diaryl/α,β-unsaturated/α-hetero) is 1. The minimum Gasteiger partial charge on any atom is -1.00 e. The predicted molar refractivity (Wildman–Crippen MR) is 105 cm³/mol. The van der Waals surface area contributed by atoms with Crippen molar-refractivity contribution in [3.8, 4) is 17.2 Å². The first-order valence-corrected chi connectivity index (χ1v) is 9.06. The molecule has 1 aromatic heterocycles. The number of benzene rings is 2. The molecular formula is C22H25BrN2O4. The highest BCUT2D eigenvalue weighted by atomic mass is 79.9. The molecule has 3 aromatic rings. The molecule has 3 rings (SSSR count). The summed E-state index contributed by atoms with van der Waals surface area (Å²) in [6.07, 6.45) is 6.68. The van der Waals surface area contributed by atoms with Crippen LogP contribution < -0.4 is 35.8 Å². The molecular weight excluding hydrogens is 436 g/mol. The largest absolute Gasteiger partial charge is 1.00 e. The van der Waals surface area contributed by atoms with E-state index in [1.165, 1.54) is 0 Å². The Balaban J connectivity index is 0.00000300. The molecule has 0 radical (unpaired) electrons. The average molecular weight is 461 g/mol. The average Bonchev–Trinajstić information content (AvgIpc) is 3.19. The summed E-state index contributed by atoms with van der Waals surface area (Å²) >= 11 is 0. The van der Waals surface area contributed by atoms with E-state index in [0.29, 0.717) is 12.1 Å². The molecule has 0 saturated heterocycles. The van der Waals surface area contributed by atoms with E-state index >= 15 is 0 Å². The molecule has 0 amide bonds. The quantitative estimate of drug-likeness (QED) is 0.331. The van der Waals surface area contributed by atoms with Crippen LogP contribution in [0.15, 0.2) is 61.2 Å². The second kappa shape index (κ2) is 10.7. The Morgan fingerprint density at radius 3 is 2.34 bits per heavy atom. The van der Waals surface area contributed by atoms with Gasteiger partial charge in [0.05, 0.1) is 27.9 Å². The number of carbonyl (C=O) groups excluding carboxylic acids is 1. The van der Waals surface area contributed by atoms with Crippen molar-refractivity contribution in [2.75, 3.05) is 21.3 Å². The van der Waals surface area contributed by atoms with Crippen LogP contribution in [0, 0.1) is 0 Å². The predicted octanol–water partition coefficient (Wildman–Crippen LogP) is -0.0690. The van der Waals surface area contributed by atoms with E-state index in [1.807, 2.05) is 41.5 Å². The molecule has 154 valence electrons. The third kappa shape index (κ3) is 5.84. The summed E-state index contributed by atoms with van der Waals surface area (Å²) in [5.41, 5.74) is 1.83. The number of nitrogens with zero attached hydrogens (tertiary/aromatic N) is 2. The number of aryl methyl sites for hydroxylation is 2. The topological polar surface area (TPSA) is 53.6 Å². The van der Waals surface area contributed by atoms with E-state index in [9.17, 15) is 4.79 Å². The van der Waals surface area contributed by atoms with Crippen LogP contribution in [0.5, 0.6) is 17.2 Å². The number of imidazole rings is 1. The fourth-order valence-electron chi connectivity index (χ4n) is 2.99. The smallest absolute Gasteiger partial charge is 0.244 e. The Morgan fingerprint density at radius 1 is 0.966 bits per heavy atom. The van der Waals surface area contributed by atoms with Crippen LogP contribution in [0.25, 0.3) is 0 Å². The van der Waals surface area contributed by atoms with Gasteiger partial charge in [-0.2, -0.15) is 0 Å². The maximum absolute atomic E-state index is 12.4. The lowest BCUT2D eigenvalue weighted by atomic mass is 10.1. The van der Waals surface area contributed by atoms with Gasteiger partial charge < -0.3 is 31.2 Å². The van der Waals surface area contributed by atoms with Gasteiger partial charge in [-0.1, -0.05) is 6.07 Å². The number of hydrogen-bond donors (Lipinski definition) is 0. The molecule has 6 nitrogen and oxygen atoms in total. The van der Waals surface area contributed by atoms with Gasteiger partial charge in [0.2, 0.25) is 12.1 Å². The van der Waals surface area contributed by atoms with Gasteiger partial charge in [0.25, 0.3) is 0 Å². The molecule has 0 aliphatic carbocycles. The minimum atomic E-state index is 0. The molecule has 0 bridgehead atoms. The molecule has 0 spiro atoms. The molecule has 29 heavy (non-hydrogen) atoms. The molecule has 0 unspecified atom stereocenters. The Labute approximate surface area is 181 Å². The Hall–Kier alpha value is -2.80. The molecule has 7 heteroatoms. The van der Waals surface area contributed by atoms with Gasteiger partial charge in [-0.3, -0.25) is 4.79 Å². The lowest BCUT2D eigenvalue weighted by Gasteiger charge is -2.08. The van der Waals surface area contributed by atoms with Gasteiger partial charge in [-0.15, -0.1) is 0 Å². The maximum Gasteiger partial charge on any atom is 0.244 e. The molecule has 2 aromatic carbocycles. The van der Waals surface area contributed by atoms with Crippen LogP contribution in [0.4, 0.5) is 0 Å². The van der Waals surface area contributed by atoms with Crippen molar-refractivity contribution in [2.45, 2.75) is 19.5 Å². The van der Waals surface area contributed by atoms with Crippen molar-refractivity contribution in [1.82, 2.24) is 4.57 Å². The summed E-state index contributed by atoms with van der Waals surface area (Å²) in [5, 5.41) is 0. The van der Waals surface area contributed by atoms with Crippen LogP contribution >= 0.6 is 0 Å². The van der Waals surface area contributed by atoms with Crippen molar-refractivity contribution >= 4 is 5.78 Å². The Kier molecular flexibility index (Phi) is 8.27. The van der Waals surface area contributed by atoms with Crippen LogP contribution in [-0.4, -0.2) is 31.7 Å². The van der Waals surface area contributed by atoms with Crippen LogP contribution in [0.2, 0.25) is 0 Å². The number of halogens is 1. The zero-order chi connectivity index (χ0) is 19.9. The van der Waals surface area contributed by atoms with E-state index < -0.39 is 0 Å². The van der Waals surface area contributed by atoms with Crippen molar-refractivity contribution in [3.63, 3.8) is 0 Å². The van der Waals surface area contributed by atoms with Gasteiger partial charge in [-0.05, 0) is 42.0 Å². The maximum atomic E-state index is 12.4. The van der Waals surface area contributed by atoms with Gasteiger partial charge in [-0.25, -0.2) is 9.13 Å². The molecule has 0 saturated carbocycles. The van der Waals surface area contributed by atoms with E-state index in [0.717, 1.165) is 35.8 Å². The van der Waals surface area contributed by atoms with Crippen molar-refractivity contribution in [3.05, 3.63) is 72.3 Å². The zero-order valence-corrected chi connectivity index (χ0v) is 18.4. The number of methoxy groups -OCH3 is 3. The summed E-state index contributed by atoms with van der Waals surface area (Å²) < 4.78 is 19.7. The lowest BCUT2D eigenvalue weighted by molar-refractivity contribution is -0.682. The molecule has 1 heterocycles. The standard InChI is InChI=1S/C22H25N2O4.BrH/c1-26-19-7-5-18(6-8-19)20(25)15-24-13-12-23(16-24)11-10-17-4-9-21(27-2)22(14-17)28-3;/h4-9,12-14,16H,10-11,15H2,1-3H3;1H/q+1;/p-1. The number of rotatable bonds is 9.